The molecule has 1 aromatic carbocycles. The molecule has 8 heteroatoms. The molecule has 0 saturated carbocycles. The standard InChI is InChI=1S/C18H21ClFN3O3/c1-11-10-26-15(9-24)8-22(11)18(25)16-12(2)21-23(17(16)19)7-13-3-5-14(20)6-4-13/h3-6,11,15,24H,7-10H2,1-2H3/t11-,15+/m1/s1. The van der Waals surface area contributed by atoms with Gasteiger partial charge in [-0.1, -0.05) is 23.7 Å². The van der Waals surface area contributed by atoms with Gasteiger partial charge >= 0.3 is 0 Å². The van der Waals surface area contributed by atoms with Crippen molar-refractivity contribution in [3.8, 4) is 0 Å². The summed E-state index contributed by atoms with van der Waals surface area (Å²) in [7, 11) is 0. The van der Waals surface area contributed by atoms with E-state index in [-0.39, 0.29) is 29.5 Å². The summed E-state index contributed by atoms with van der Waals surface area (Å²) in [6.07, 6.45) is -0.400. The number of morpholine rings is 1. The van der Waals surface area contributed by atoms with E-state index in [2.05, 4.69) is 5.10 Å². The number of aromatic nitrogens is 2. The number of rotatable bonds is 4. The molecular weight excluding hydrogens is 361 g/mol. The highest BCUT2D eigenvalue weighted by molar-refractivity contribution is 6.33. The van der Waals surface area contributed by atoms with Crippen LogP contribution >= 0.6 is 11.6 Å². The van der Waals surface area contributed by atoms with Crippen LogP contribution in [-0.4, -0.2) is 57.6 Å². The highest BCUT2D eigenvalue weighted by Gasteiger charge is 2.33. The van der Waals surface area contributed by atoms with E-state index in [1.807, 2.05) is 6.92 Å². The van der Waals surface area contributed by atoms with Crippen LogP contribution in [0.25, 0.3) is 0 Å². The number of nitrogens with zero attached hydrogens (tertiary/aromatic N) is 3. The van der Waals surface area contributed by atoms with Gasteiger partial charge in [0.25, 0.3) is 5.91 Å². The van der Waals surface area contributed by atoms with Crippen molar-refractivity contribution in [2.75, 3.05) is 19.8 Å². The van der Waals surface area contributed by atoms with Crippen LogP contribution in [-0.2, 0) is 11.3 Å². The van der Waals surface area contributed by atoms with E-state index in [9.17, 15) is 14.3 Å². The molecule has 1 amide bonds. The first-order valence-electron chi connectivity index (χ1n) is 8.41. The third-order valence-electron chi connectivity index (χ3n) is 4.49. The lowest BCUT2D eigenvalue weighted by Gasteiger charge is -2.37. The van der Waals surface area contributed by atoms with Gasteiger partial charge in [0.1, 0.15) is 11.0 Å². The molecule has 6 nitrogen and oxygen atoms in total. The fraction of sp³-hybridized carbons (Fsp3) is 0.444. The van der Waals surface area contributed by atoms with Gasteiger partial charge in [-0.25, -0.2) is 9.07 Å². The zero-order chi connectivity index (χ0) is 18.8. The molecule has 0 bridgehead atoms. The number of aliphatic hydroxyl groups is 1. The predicted octanol–water partition coefficient (Wildman–Crippen LogP) is 2.25. The number of hydrogen-bond acceptors (Lipinski definition) is 4. The summed E-state index contributed by atoms with van der Waals surface area (Å²) >= 11 is 6.44. The zero-order valence-electron chi connectivity index (χ0n) is 14.7. The number of amides is 1. The average Bonchev–Trinajstić information content (AvgIpc) is 2.90. The predicted molar refractivity (Wildman–Crippen MR) is 94.8 cm³/mol. The maximum absolute atomic E-state index is 13.1. The summed E-state index contributed by atoms with van der Waals surface area (Å²) in [5.41, 5.74) is 1.70. The van der Waals surface area contributed by atoms with Crippen molar-refractivity contribution in [2.45, 2.75) is 32.5 Å². The Labute approximate surface area is 156 Å². The number of aryl methyl sites for hydroxylation is 1. The highest BCUT2D eigenvalue weighted by Crippen LogP contribution is 2.25. The third kappa shape index (κ3) is 3.75. The fourth-order valence-corrected chi connectivity index (χ4v) is 3.33. The lowest BCUT2D eigenvalue weighted by atomic mass is 10.1. The van der Waals surface area contributed by atoms with Crippen LogP contribution < -0.4 is 0 Å². The Balaban J connectivity index is 1.84. The molecule has 140 valence electrons. The number of aliphatic hydroxyl groups excluding tert-OH is 1. The van der Waals surface area contributed by atoms with E-state index in [0.29, 0.717) is 31.0 Å². The lowest BCUT2D eigenvalue weighted by Crippen LogP contribution is -2.52. The molecule has 0 unspecified atom stereocenters. The quantitative estimate of drug-likeness (QED) is 0.882. The van der Waals surface area contributed by atoms with E-state index >= 15 is 0 Å². The molecule has 0 aliphatic carbocycles. The van der Waals surface area contributed by atoms with Crippen LogP contribution in [0.5, 0.6) is 0 Å². The van der Waals surface area contributed by atoms with Gasteiger partial charge in [-0.3, -0.25) is 4.79 Å². The summed E-state index contributed by atoms with van der Waals surface area (Å²) in [6, 6.07) is 5.92. The van der Waals surface area contributed by atoms with Gasteiger partial charge in [0.2, 0.25) is 0 Å². The summed E-state index contributed by atoms with van der Waals surface area (Å²) in [5, 5.41) is 13.9. The Kier molecular flexibility index (Phi) is 5.60. The summed E-state index contributed by atoms with van der Waals surface area (Å²) in [5.74, 6) is -0.542. The number of benzene rings is 1. The van der Waals surface area contributed by atoms with Crippen molar-refractivity contribution >= 4 is 17.5 Å². The van der Waals surface area contributed by atoms with Crippen molar-refractivity contribution < 1.29 is 19.0 Å². The molecule has 26 heavy (non-hydrogen) atoms. The first kappa shape index (κ1) is 18.8. The monoisotopic (exact) mass is 381 g/mol. The van der Waals surface area contributed by atoms with Gasteiger partial charge in [0.15, 0.2) is 0 Å². The first-order chi connectivity index (χ1) is 12.4. The molecule has 1 aliphatic heterocycles. The van der Waals surface area contributed by atoms with Crippen LogP contribution in [0.1, 0.15) is 28.5 Å². The van der Waals surface area contributed by atoms with Gasteiger partial charge < -0.3 is 14.7 Å². The Morgan fingerprint density at radius 2 is 2.12 bits per heavy atom. The van der Waals surface area contributed by atoms with Gasteiger partial charge in [0, 0.05) is 6.54 Å². The van der Waals surface area contributed by atoms with Crippen LogP contribution in [0, 0.1) is 12.7 Å². The van der Waals surface area contributed by atoms with E-state index in [1.54, 1.807) is 24.0 Å². The van der Waals surface area contributed by atoms with E-state index in [1.165, 1.54) is 16.8 Å². The van der Waals surface area contributed by atoms with Crippen LogP contribution in [0.3, 0.4) is 0 Å². The largest absolute Gasteiger partial charge is 0.394 e. The molecule has 1 aromatic heterocycles. The molecule has 0 radical (unpaired) electrons. The first-order valence-corrected chi connectivity index (χ1v) is 8.79. The second-order valence-electron chi connectivity index (χ2n) is 6.48. The smallest absolute Gasteiger partial charge is 0.259 e. The topological polar surface area (TPSA) is 67.6 Å². The Hall–Kier alpha value is -1.96. The van der Waals surface area contributed by atoms with Crippen molar-refractivity contribution in [1.29, 1.82) is 0 Å². The van der Waals surface area contributed by atoms with Gasteiger partial charge in [-0.2, -0.15) is 5.10 Å². The Bertz CT molecular complexity index is 794. The molecule has 2 heterocycles. The molecule has 2 atom stereocenters. The minimum absolute atomic E-state index is 0.124. The lowest BCUT2D eigenvalue weighted by molar-refractivity contribution is -0.0667. The second kappa shape index (κ2) is 7.73. The van der Waals surface area contributed by atoms with Gasteiger partial charge in [-0.05, 0) is 31.5 Å². The highest BCUT2D eigenvalue weighted by atomic mass is 35.5. The Morgan fingerprint density at radius 3 is 2.77 bits per heavy atom. The molecular formula is C18H21ClFN3O3. The summed E-state index contributed by atoms with van der Waals surface area (Å²) in [6.45, 7) is 4.47. The third-order valence-corrected chi connectivity index (χ3v) is 4.88. The van der Waals surface area contributed by atoms with Gasteiger partial charge in [0.05, 0.1) is 43.2 Å². The molecule has 1 N–H and O–H groups in total. The van der Waals surface area contributed by atoms with Crippen molar-refractivity contribution in [3.05, 3.63) is 52.1 Å². The molecule has 1 aliphatic rings. The molecule has 1 saturated heterocycles. The van der Waals surface area contributed by atoms with Crippen molar-refractivity contribution in [2.24, 2.45) is 0 Å². The van der Waals surface area contributed by atoms with E-state index in [0.717, 1.165) is 5.56 Å². The SMILES string of the molecule is Cc1nn(Cc2ccc(F)cc2)c(Cl)c1C(=O)N1C[C@@H](CO)OC[C@H]1C. The maximum Gasteiger partial charge on any atom is 0.259 e. The van der Waals surface area contributed by atoms with Crippen LogP contribution in [0.2, 0.25) is 5.15 Å². The Morgan fingerprint density at radius 1 is 1.42 bits per heavy atom. The van der Waals surface area contributed by atoms with Gasteiger partial charge in [-0.15, -0.1) is 0 Å². The number of ether oxygens (including phenoxy) is 1. The van der Waals surface area contributed by atoms with E-state index in [4.69, 9.17) is 16.3 Å². The number of carbonyl (C=O) groups is 1. The molecule has 3 rings (SSSR count). The average molecular weight is 382 g/mol. The number of carbonyl (C=O) groups excluding carboxylic acids is 1. The molecule has 2 aromatic rings. The molecule has 1 fully saturated rings. The minimum atomic E-state index is -0.400. The number of hydrogen-bond donors (Lipinski definition) is 1. The second-order valence-corrected chi connectivity index (χ2v) is 6.84. The fourth-order valence-electron chi connectivity index (χ4n) is 3.02. The molecule has 0 spiro atoms. The number of halogens is 2. The van der Waals surface area contributed by atoms with Crippen LogP contribution in [0.4, 0.5) is 4.39 Å². The summed E-state index contributed by atoms with van der Waals surface area (Å²) in [4.78, 5) is 14.7. The normalized spacial score (nSPS) is 20.4. The van der Waals surface area contributed by atoms with Crippen molar-refractivity contribution in [1.82, 2.24) is 14.7 Å². The van der Waals surface area contributed by atoms with Crippen molar-refractivity contribution in [3.63, 3.8) is 0 Å². The zero-order valence-corrected chi connectivity index (χ0v) is 15.4. The summed E-state index contributed by atoms with van der Waals surface area (Å²) < 4.78 is 20.1. The minimum Gasteiger partial charge on any atom is -0.394 e. The van der Waals surface area contributed by atoms with Crippen LogP contribution in [0.15, 0.2) is 24.3 Å². The maximum atomic E-state index is 13.1. The van der Waals surface area contributed by atoms with E-state index < -0.39 is 6.10 Å².